The molecular weight excluding hydrogens is 544 g/mol. The molecular formula is C32H36N8O3. The van der Waals surface area contributed by atoms with Gasteiger partial charge in [0, 0.05) is 19.5 Å². The molecule has 1 aliphatic rings. The lowest BCUT2D eigenvalue weighted by molar-refractivity contribution is -0.129. The molecule has 4 aromatic rings. The molecule has 0 spiro atoms. The highest BCUT2D eigenvalue weighted by molar-refractivity contribution is 5.91. The summed E-state index contributed by atoms with van der Waals surface area (Å²) in [4.78, 5) is 42.2. The van der Waals surface area contributed by atoms with Crippen LogP contribution < -0.4 is 21.3 Å². The van der Waals surface area contributed by atoms with Crippen molar-refractivity contribution in [3.05, 3.63) is 81.8 Å². The SMILES string of the molecule is CC[C@H](Nc1nc(C)nc(C)c1C#N)c1nc2cccc(N3CCC(CCC(=O)NO)CC3)c2c(=O)n1-c1ccccc1. The van der Waals surface area contributed by atoms with E-state index in [0.717, 1.165) is 31.6 Å². The van der Waals surface area contributed by atoms with E-state index in [1.807, 2.05) is 55.5 Å². The second-order valence-corrected chi connectivity index (χ2v) is 10.9. The van der Waals surface area contributed by atoms with Gasteiger partial charge < -0.3 is 10.2 Å². The van der Waals surface area contributed by atoms with Crippen LogP contribution in [0.2, 0.25) is 0 Å². The molecule has 0 saturated carbocycles. The molecule has 1 amide bonds. The maximum atomic E-state index is 14.5. The van der Waals surface area contributed by atoms with Gasteiger partial charge in [0.1, 0.15) is 29.1 Å². The Kier molecular flexibility index (Phi) is 8.97. The number of aromatic nitrogens is 4. The molecule has 2 aromatic heterocycles. The predicted octanol–water partition coefficient (Wildman–Crippen LogP) is 4.73. The number of para-hydroxylation sites is 1. The Labute approximate surface area is 250 Å². The summed E-state index contributed by atoms with van der Waals surface area (Å²) in [7, 11) is 0. The van der Waals surface area contributed by atoms with Crippen molar-refractivity contribution in [3.8, 4) is 11.8 Å². The van der Waals surface area contributed by atoms with Crippen LogP contribution in [0.15, 0.2) is 53.3 Å². The van der Waals surface area contributed by atoms with Gasteiger partial charge >= 0.3 is 0 Å². The lowest BCUT2D eigenvalue weighted by atomic mass is 9.91. The Hall–Kier alpha value is -4.82. The molecule has 3 N–H and O–H groups in total. The van der Waals surface area contributed by atoms with Gasteiger partial charge in [-0.05, 0) is 69.7 Å². The van der Waals surface area contributed by atoms with E-state index >= 15 is 0 Å². The van der Waals surface area contributed by atoms with Crippen LogP contribution >= 0.6 is 0 Å². The summed E-state index contributed by atoms with van der Waals surface area (Å²) in [6, 6.07) is 17.0. The third-order valence-corrected chi connectivity index (χ3v) is 8.12. The summed E-state index contributed by atoms with van der Waals surface area (Å²) in [5, 5.41) is 22.6. The van der Waals surface area contributed by atoms with Crippen LogP contribution in [-0.2, 0) is 4.79 Å². The number of hydrogen-bond donors (Lipinski definition) is 3. The fraction of sp³-hybridized carbons (Fsp3) is 0.375. The van der Waals surface area contributed by atoms with E-state index in [2.05, 4.69) is 26.3 Å². The highest BCUT2D eigenvalue weighted by Crippen LogP contribution is 2.32. The summed E-state index contributed by atoms with van der Waals surface area (Å²) >= 11 is 0. The Morgan fingerprint density at radius 3 is 2.51 bits per heavy atom. The number of nitrogens with zero attached hydrogens (tertiary/aromatic N) is 6. The molecule has 0 unspecified atom stereocenters. The quantitative estimate of drug-likeness (QED) is 0.189. The van der Waals surface area contributed by atoms with Crippen LogP contribution in [0.25, 0.3) is 16.6 Å². The summed E-state index contributed by atoms with van der Waals surface area (Å²) in [5.41, 5.74) is 4.63. The molecule has 3 heterocycles. The average Bonchev–Trinajstić information content (AvgIpc) is 3.02. The average molecular weight is 581 g/mol. The van der Waals surface area contributed by atoms with E-state index in [4.69, 9.17) is 10.2 Å². The van der Waals surface area contributed by atoms with Gasteiger partial charge in [-0.25, -0.2) is 20.4 Å². The largest absolute Gasteiger partial charge is 0.371 e. The zero-order valence-electron chi connectivity index (χ0n) is 24.7. The van der Waals surface area contributed by atoms with Crippen molar-refractivity contribution in [2.75, 3.05) is 23.3 Å². The number of hydrogen-bond acceptors (Lipinski definition) is 9. The number of nitriles is 1. The van der Waals surface area contributed by atoms with Gasteiger partial charge in [0.05, 0.1) is 34.0 Å². The van der Waals surface area contributed by atoms with Crippen molar-refractivity contribution >= 4 is 28.3 Å². The number of benzene rings is 2. The Morgan fingerprint density at radius 2 is 1.84 bits per heavy atom. The van der Waals surface area contributed by atoms with Gasteiger partial charge in [0.2, 0.25) is 5.91 Å². The van der Waals surface area contributed by atoms with Gasteiger partial charge in [-0.3, -0.25) is 19.4 Å². The topological polar surface area (TPSA) is 149 Å². The third kappa shape index (κ3) is 6.20. The third-order valence-electron chi connectivity index (χ3n) is 8.12. The van der Waals surface area contributed by atoms with E-state index in [1.54, 1.807) is 23.9 Å². The fourth-order valence-corrected chi connectivity index (χ4v) is 5.87. The second-order valence-electron chi connectivity index (χ2n) is 10.9. The van der Waals surface area contributed by atoms with Gasteiger partial charge in [-0.15, -0.1) is 0 Å². The summed E-state index contributed by atoms with van der Waals surface area (Å²) in [6.07, 6.45) is 3.36. The van der Waals surface area contributed by atoms with E-state index in [1.165, 1.54) is 0 Å². The number of fused-ring (bicyclic) bond motifs is 1. The number of anilines is 2. The van der Waals surface area contributed by atoms with Crippen molar-refractivity contribution in [1.29, 1.82) is 5.26 Å². The zero-order valence-corrected chi connectivity index (χ0v) is 24.7. The lowest BCUT2D eigenvalue weighted by Crippen LogP contribution is -2.36. The number of nitrogens with one attached hydrogen (secondary N) is 2. The van der Waals surface area contributed by atoms with E-state index < -0.39 is 6.04 Å². The molecule has 11 nitrogen and oxygen atoms in total. The number of rotatable bonds is 9. The molecule has 0 radical (unpaired) electrons. The maximum absolute atomic E-state index is 14.5. The van der Waals surface area contributed by atoms with Crippen LogP contribution in [0, 0.1) is 31.1 Å². The first-order valence-electron chi connectivity index (χ1n) is 14.6. The smallest absolute Gasteiger partial charge is 0.268 e. The van der Waals surface area contributed by atoms with E-state index in [9.17, 15) is 14.9 Å². The molecule has 222 valence electrons. The second kappa shape index (κ2) is 13.0. The van der Waals surface area contributed by atoms with Crippen molar-refractivity contribution in [2.45, 2.75) is 58.9 Å². The van der Waals surface area contributed by atoms with Gasteiger partial charge in [0.15, 0.2) is 0 Å². The van der Waals surface area contributed by atoms with Crippen molar-refractivity contribution in [3.63, 3.8) is 0 Å². The monoisotopic (exact) mass is 580 g/mol. The molecule has 0 aliphatic carbocycles. The van der Waals surface area contributed by atoms with Crippen molar-refractivity contribution in [1.82, 2.24) is 25.0 Å². The fourth-order valence-electron chi connectivity index (χ4n) is 5.87. The summed E-state index contributed by atoms with van der Waals surface area (Å²) in [6.45, 7) is 7.06. The van der Waals surface area contributed by atoms with Crippen LogP contribution in [0.3, 0.4) is 0 Å². The summed E-state index contributed by atoms with van der Waals surface area (Å²) in [5.74, 6) is 1.50. The van der Waals surface area contributed by atoms with E-state index in [-0.39, 0.29) is 11.5 Å². The summed E-state index contributed by atoms with van der Waals surface area (Å²) < 4.78 is 1.67. The number of aryl methyl sites for hydroxylation is 2. The van der Waals surface area contributed by atoms with Crippen LogP contribution in [0.5, 0.6) is 0 Å². The van der Waals surface area contributed by atoms with E-state index in [0.29, 0.717) is 70.5 Å². The van der Waals surface area contributed by atoms with Gasteiger partial charge in [-0.1, -0.05) is 31.2 Å². The molecule has 0 bridgehead atoms. The van der Waals surface area contributed by atoms with Crippen LogP contribution in [-0.4, -0.2) is 43.7 Å². The number of carbonyl (C=O) groups is 1. The van der Waals surface area contributed by atoms with Gasteiger partial charge in [-0.2, -0.15) is 5.26 Å². The maximum Gasteiger partial charge on any atom is 0.268 e. The first kappa shape index (κ1) is 29.7. The van der Waals surface area contributed by atoms with Crippen molar-refractivity contribution < 1.29 is 10.0 Å². The number of hydroxylamine groups is 1. The molecule has 5 rings (SSSR count). The Morgan fingerprint density at radius 1 is 1.09 bits per heavy atom. The first-order chi connectivity index (χ1) is 20.8. The molecule has 11 heteroatoms. The van der Waals surface area contributed by atoms with Gasteiger partial charge in [0.25, 0.3) is 5.56 Å². The molecule has 43 heavy (non-hydrogen) atoms. The van der Waals surface area contributed by atoms with Crippen LogP contribution in [0.1, 0.15) is 68.0 Å². The minimum absolute atomic E-state index is 0.167. The normalized spacial score (nSPS) is 14.3. The molecule has 1 aliphatic heterocycles. The molecule has 1 saturated heterocycles. The predicted molar refractivity (Wildman–Crippen MR) is 164 cm³/mol. The highest BCUT2D eigenvalue weighted by atomic mass is 16.5. The van der Waals surface area contributed by atoms with Crippen molar-refractivity contribution in [2.24, 2.45) is 5.92 Å². The molecule has 2 aromatic carbocycles. The zero-order chi connectivity index (χ0) is 30.5. The first-order valence-corrected chi connectivity index (χ1v) is 14.6. The number of carbonyl (C=O) groups excluding carboxylic acids is 1. The minimum Gasteiger partial charge on any atom is -0.371 e. The van der Waals surface area contributed by atoms with Crippen LogP contribution in [0.4, 0.5) is 11.5 Å². The Bertz CT molecular complexity index is 1720. The molecule has 1 atom stereocenters. The highest BCUT2D eigenvalue weighted by Gasteiger charge is 2.26. The molecule has 1 fully saturated rings. The number of piperidine rings is 1. The lowest BCUT2D eigenvalue weighted by Gasteiger charge is -2.34. The number of amides is 1. The standard InChI is InChI=1S/C32H36N8O3/c1-4-25(36-30-24(19-33)20(2)34-21(3)35-30)31-37-26-11-8-12-27(29(26)32(42)40(31)23-9-6-5-7-10-23)39-17-15-22(16-18-39)13-14-28(41)38-43/h5-12,22,25,43H,4,13-18H2,1-3H3,(H,38,41)(H,34,35,36)/t25-/m0/s1. The minimum atomic E-state index is -0.423. The Balaban J connectivity index is 1.57.